The molecule has 2 aromatic carbocycles. The highest BCUT2D eigenvalue weighted by Crippen LogP contribution is 2.42. The van der Waals surface area contributed by atoms with Crippen LogP contribution < -0.4 is 0 Å². The predicted octanol–water partition coefficient (Wildman–Crippen LogP) is 4.79. The molecule has 2 aromatic rings. The zero-order valence-corrected chi connectivity index (χ0v) is 21.3. The third-order valence-electron chi connectivity index (χ3n) is 7.45. The molecular formula is C29H35N3O4. The van der Waals surface area contributed by atoms with Gasteiger partial charge in [0.25, 0.3) is 0 Å². The van der Waals surface area contributed by atoms with Crippen LogP contribution in [0, 0.1) is 0 Å². The van der Waals surface area contributed by atoms with E-state index in [9.17, 15) is 14.7 Å². The number of hydrazone groups is 1. The van der Waals surface area contributed by atoms with Gasteiger partial charge in [0.2, 0.25) is 0 Å². The summed E-state index contributed by atoms with van der Waals surface area (Å²) in [6, 6.07) is 17.8. The number of hydrogen-bond acceptors (Lipinski definition) is 6. The Labute approximate surface area is 212 Å². The maximum Gasteiger partial charge on any atom is 0.411 e. The average Bonchev–Trinajstić information content (AvgIpc) is 3.69. The second kappa shape index (κ2) is 9.36. The van der Waals surface area contributed by atoms with E-state index in [1.807, 2.05) is 61.5 Å². The lowest BCUT2D eigenvalue weighted by Crippen LogP contribution is -2.51. The molecule has 2 fully saturated rings. The largest absolute Gasteiger partial charge is 0.438 e. The third-order valence-corrected chi connectivity index (χ3v) is 7.45. The standard InChI is InChI=1S/C29H35N3O4/c1-20(21-9-11-22(12-10-21)26-25(33)15-17-32(30-26)24-13-14-24)31-18-16-29(36-27(31)34,19-28(2,3)35)23-7-5-4-6-8-23/h4-12,20,24,35H,13-19H2,1-3H3/t20-,29-/m0/s1. The molecule has 0 aromatic heterocycles. The normalized spacial score (nSPS) is 23.8. The zero-order chi connectivity index (χ0) is 25.5. The van der Waals surface area contributed by atoms with Crippen molar-refractivity contribution < 1.29 is 19.4 Å². The maximum absolute atomic E-state index is 13.3. The molecule has 0 unspecified atom stereocenters. The van der Waals surface area contributed by atoms with E-state index in [1.165, 1.54) is 0 Å². The van der Waals surface area contributed by atoms with E-state index < -0.39 is 17.3 Å². The van der Waals surface area contributed by atoms with Crippen LogP contribution in [0.3, 0.4) is 0 Å². The number of Topliss-reactive ketones (excluding diaryl/α,β-unsaturated/α-hetero) is 1. The number of hydrogen-bond donors (Lipinski definition) is 1. The summed E-state index contributed by atoms with van der Waals surface area (Å²) in [5, 5.41) is 17.3. The van der Waals surface area contributed by atoms with Crippen molar-refractivity contribution in [3.05, 3.63) is 71.3 Å². The van der Waals surface area contributed by atoms with Crippen LogP contribution in [-0.4, -0.2) is 57.3 Å². The van der Waals surface area contributed by atoms with E-state index in [2.05, 4.69) is 10.1 Å². The Kier molecular flexibility index (Phi) is 6.37. The number of benzene rings is 2. The van der Waals surface area contributed by atoms with E-state index in [-0.39, 0.29) is 11.8 Å². The van der Waals surface area contributed by atoms with Gasteiger partial charge in [-0.15, -0.1) is 0 Å². The average molecular weight is 490 g/mol. The molecule has 0 spiro atoms. The number of carbonyl (C=O) groups excluding carboxylic acids is 2. The van der Waals surface area contributed by atoms with E-state index in [1.54, 1.807) is 18.7 Å². The summed E-state index contributed by atoms with van der Waals surface area (Å²) in [5.41, 5.74) is 1.35. The highest BCUT2D eigenvalue weighted by molar-refractivity contribution is 6.46. The topological polar surface area (TPSA) is 82.4 Å². The molecule has 7 nitrogen and oxygen atoms in total. The molecule has 0 radical (unpaired) electrons. The fourth-order valence-corrected chi connectivity index (χ4v) is 5.42. The summed E-state index contributed by atoms with van der Waals surface area (Å²) >= 11 is 0. The van der Waals surface area contributed by atoms with Gasteiger partial charge in [-0.3, -0.25) is 9.80 Å². The SMILES string of the molecule is C[C@@H](c1ccc(C2=NN(C3CC3)CCC2=O)cc1)N1CC[C@](CC(C)(C)O)(c2ccccc2)OC1=O. The minimum atomic E-state index is -0.992. The van der Waals surface area contributed by atoms with Gasteiger partial charge in [-0.05, 0) is 44.7 Å². The Bertz CT molecular complexity index is 1150. The summed E-state index contributed by atoms with van der Waals surface area (Å²) in [7, 11) is 0. The molecule has 36 heavy (non-hydrogen) atoms. The van der Waals surface area contributed by atoms with Crippen molar-refractivity contribution >= 4 is 17.6 Å². The Morgan fingerprint density at radius 1 is 1.08 bits per heavy atom. The lowest BCUT2D eigenvalue weighted by molar-refractivity contribution is -0.114. The van der Waals surface area contributed by atoms with E-state index in [0.717, 1.165) is 29.5 Å². The van der Waals surface area contributed by atoms with Crippen molar-refractivity contribution in [3.8, 4) is 0 Å². The van der Waals surface area contributed by atoms with Gasteiger partial charge in [-0.25, -0.2) is 4.79 Å². The smallest absolute Gasteiger partial charge is 0.411 e. The highest BCUT2D eigenvalue weighted by Gasteiger charge is 2.46. The second-order valence-electron chi connectivity index (χ2n) is 11.0. The van der Waals surface area contributed by atoms with Crippen LogP contribution in [0.15, 0.2) is 59.7 Å². The molecule has 2 atom stereocenters. The summed E-state index contributed by atoms with van der Waals surface area (Å²) in [5.74, 6) is 0.0800. The number of ether oxygens (including phenoxy) is 1. The fraction of sp³-hybridized carbons (Fsp3) is 0.483. The molecule has 1 amide bonds. The number of rotatable bonds is 7. The van der Waals surface area contributed by atoms with Crippen molar-refractivity contribution in [2.75, 3.05) is 13.1 Å². The van der Waals surface area contributed by atoms with Gasteiger partial charge in [0.05, 0.1) is 11.6 Å². The van der Waals surface area contributed by atoms with Gasteiger partial charge >= 0.3 is 6.09 Å². The van der Waals surface area contributed by atoms with E-state index in [4.69, 9.17) is 4.74 Å². The lowest BCUT2D eigenvalue weighted by atomic mass is 9.80. The molecule has 3 aliphatic rings. The van der Waals surface area contributed by atoms with Crippen LogP contribution in [-0.2, 0) is 15.1 Å². The highest BCUT2D eigenvalue weighted by atomic mass is 16.6. The first kappa shape index (κ1) is 24.5. The summed E-state index contributed by atoms with van der Waals surface area (Å²) in [4.78, 5) is 27.6. The van der Waals surface area contributed by atoms with Crippen LogP contribution in [0.5, 0.6) is 0 Å². The second-order valence-corrected chi connectivity index (χ2v) is 11.0. The number of nitrogens with zero attached hydrogens (tertiary/aromatic N) is 3. The number of carbonyl (C=O) groups is 2. The number of ketones is 1. The summed E-state index contributed by atoms with van der Waals surface area (Å²) in [6.07, 6.45) is 3.31. The lowest BCUT2D eigenvalue weighted by Gasteiger charge is -2.45. The van der Waals surface area contributed by atoms with Crippen LogP contribution in [0.2, 0.25) is 0 Å². The maximum atomic E-state index is 13.3. The van der Waals surface area contributed by atoms with Crippen molar-refractivity contribution in [2.45, 2.75) is 76.2 Å². The van der Waals surface area contributed by atoms with Crippen LogP contribution >= 0.6 is 0 Å². The molecule has 190 valence electrons. The zero-order valence-electron chi connectivity index (χ0n) is 21.3. The molecule has 0 bridgehead atoms. The van der Waals surface area contributed by atoms with Crippen LogP contribution in [0.4, 0.5) is 4.79 Å². The van der Waals surface area contributed by atoms with Crippen LogP contribution in [0.1, 0.15) is 75.6 Å². The number of aliphatic hydroxyl groups is 1. The first-order valence-electron chi connectivity index (χ1n) is 12.9. The molecule has 1 N–H and O–H groups in total. The molecular weight excluding hydrogens is 454 g/mol. The molecule has 2 heterocycles. The molecule has 1 saturated heterocycles. The molecule has 1 aliphatic carbocycles. The quantitative estimate of drug-likeness (QED) is 0.605. The minimum absolute atomic E-state index is 0.0800. The Balaban J connectivity index is 1.32. The molecule has 1 saturated carbocycles. The first-order valence-corrected chi connectivity index (χ1v) is 12.9. The van der Waals surface area contributed by atoms with Gasteiger partial charge in [0.15, 0.2) is 5.78 Å². The molecule has 2 aliphatic heterocycles. The summed E-state index contributed by atoms with van der Waals surface area (Å²) < 4.78 is 6.12. The van der Waals surface area contributed by atoms with Crippen molar-refractivity contribution in [1.82, 2.24) is 9.91 Å². The van der Waals surface area contributed by atoms with Gasteiger partial charge in [0.1, 0.15) is 11.3 Å². The first-order chi connectivity index (χ1) is 17.2. The van der Waals surface area contributed by atoms with Crippen molar-refractivity contribution in [3.63, 3.8) is 0 Å². The molecule has 7 heteroatoms. The van der Waals surface area contributed by atoms with Gasteiger partial charge in [-0.1, -0.05) is 54.6 Å². The van der Waals surface area contributed by atoms with Gasteiger partial charge in [0, 0.05) is 44.0 Å². The predicted molar refractivity (Wildman–Crippen MR) is 138 cm³/mol. The monoisotopic (exact) mass is 489 g/mol. The van der Waals surface area contributed by atoms with E-state index in [0.29, 0.717) is 44.1 Å². The fourth-order valence-electron chi connectivity index (χ4n) is 5.42. The minimum Gasteiger partial charge on any atom is -0.438 e. The Morgan fingerprint density at radius 3 is 2.39 bits per heavy atom. The summed E-state index contributed by atoms with van der Waals surface area (Å²) in [6.45, 7) is 6.69. The van der Waals surface area contributed by atoms with E-state index >= 15 is 0 Å². The Hall–Kier alpha value is -3.19. The molecule has 5 rings (SSSR count). The number of cyclic esters (lactones) is 1. The van der Waals surface area contributed by atoms with Gasteiger partial charge < -0.3 is 14.7 Å². The number of amides is 1. The van der Waals surface area contributed by atoms with Gasteiger partial charge in [-0.2, -0.15) is 5.10 Å². The van der Waals surface area contributed by atoms with Crippen molar-refractivity contribution in [2.24, 2.45) is 5.10 Å². The Morgan fingerprint density at radius 2 is 1.78 bits per heavy atom. The van der Waals surface area contributed by atoms with Crippen molar-refractivity contribution in [1.29, 1.82) is 0 Å². The third kappa shape index (κ3) is 5.03. The van der Waals surface area contributed by atoms with Crippen LogP contribution in [0.25, 0.3) is 0 Å².